The van der Waals surface area contributed by atoms with E-state index in [1.165, 1.54) is 12.3 Å². The fraction of sp³-hybridized carbons (Fsp3) is 0.583. The molecule has 2 rings (SSSR count). The molecular formula is C12H18N4O2. The van der Waals surface area contributed by atoms with Crippen LogP contribution in [0.3, 0.4) is 0 Å². The number of aromatic nitrogens is 1. The highest BCUT2D eigenvalue weighted by atomic mass is 16.6. The fourth-order valence-corrected chi connectivity index (χ4v) is 2.17. The SMILES string of the molecule is CNC1(C)CCN(c2cc([N+](=O)[O-])ccn2)CC1. The molecule has 0 spiro atoms. The van der Waals surface area contributed by atoms with Crippen LogP contribution < -0.4 is 10.2 Å². The molecule has 1 aliphatic heterocycles. The van der Waals surface area contributed by atoms with E-state index in [-0.39, 0.29) is 16.1 Å². The van der Waals surface area contributed by atoms with Crippen LogP contribution in [0.15, 0.2) is 18.3 Å². The van der Waals surface area contributed by atoms with Crippen molar-refractivity contribution in [1.82, 2.24) is 10.3 Å². The number of nitro groups is 1. The average Bonchev–Trinajstić information content (AvgIpc) is 2.40. The number of hydrogen-bond donors (Lipinski definition) is 1. The molecule has 0 bridgehead atoms. The summed E-state index contributed by atoms with van der Waals surface area (Å²) in [6.45, 7) is 3.93. The Morgan fingerprint density at radius 3 is 2.72 bits per heavy atom. The predicted molar refractivity (Wildman–Crippen MR) is 69.8 cm³/mol. The summed E-state index contributed by atoms with van der Waals surface area (Å²) in [5, 5.41) is 14.1. The molecule has 0 atom stereocenters. The minimum Gasteiger partial charge on any atom is -0.356 e. The molecule has 98 valence electrons. The first-order chi connectivity index (χ1) is 8.54. The zero-order chi connectivity index (χ0) is 13.2. The standard InChI is InChI=1S/C12H18N4O2/c1-12(13-2)4-7-15(8-5-12)11-9-10(16(17)18)3-6-14-11/h3,6,9,13H,4-5,7-8H2,1-2H3. The van der Waals surface area contributed by atoms with Gasteiger partial charge in [0.05, 0.1) is 11.0 Å². The van der Waals surface area contributed by atoms with E-state index >= 15 is 0 Å². The van der Waals surface area contributed by atoms with E-state index in [9.17, 15) is 10.1 Å². The lowest BCUT2D eigenvalue weighted by Crippen LogP contribution is -2.50. The molecule has 0 aliphatic carbocycles. The lowest BCUT2D eigenvalue weighted by Gasteiger charge is -2.39. The quantitative estimate of drug-likeness (QED) is 0.651. The molecule has 0 aromatic carbocycles. The summed E-state index contributed by atoms with van der Waals surface area (Å²) in [6, 6.07) is 2.97. The van der Waals surface area contributed by atoms with Gasteiger partial charge in [0.15, 0.2) is 0 Å². The third kappa shape index (κ3) is 2.59. The maximum absolute atomic E-state index is 10.7. The van der Waals surface area contributed by atoms with Gasteiger partial charge in [-0.3, -0.25) is 10.1 Å². The van der Waals surface area contributed by atoms with E-state index in [0.717, 1.165) is 25.9 Å². The first kappa shape index (κ1) is 12.8. The van der Waals surface area contributed by atoms with Gasteiger partial charge in [0.2, 0.25) is 0 Å². The summed E-state index contributed by atoms with van der Waals surface area (Å²) >= 11 is 0. The van der Waals surface area contributed by atoms with Gasteiger partial charge < -0.3 is 10.2 Å². The van der Waals surface area contributed by atoms with Crippen LogP contribution >= 0.6 is 0 Å². The molecule has 1 aromatic heterocycles. The monoisotopic (exact) mass is 250 g/mol. The average molecular weight is 250 g/mol. The highest BCUT2D eigenvalue weighted by Gasteiger charge is 2.29. The first-order valence-electron chi connectivity index (χ1n) is 6.08. The van der Waals surface area contributed by atoms with Crippen molar-refractivity contribution in [3.05, 3.63) is 28.4 Å². The molecule has 1 N–H and O–H groups in total. The summed E-state index contributed by atoms with van der Waals surface area (Å²) in [6.07, 6.45) is 3.51. The third-order valence-electron chi connectivity index (χ3n) is 3.73. The fourth-order valence-electron chi connectivity index (χ4n) is 2.17. The van der Waals surface area contributed by atoms with Crippen LogP contribution in [0.4, 0.5) is 11.5 Å². The zero-order valence-electron chi connectivity index (χ0n) is 10.7. The van der Waals surface area contributed by atoms with Crippen molar-refractivity contribution < 1.29 is 4.92 Å². The Balaban J connectivity index is 2.10. The van der Waals surface area contributed by atoms with E-state index in [2.05, 4.69) is 22.1 Å². The molecule has 0 saturated carbocycles. The number of nitrogens with zero attached hydrogens (tertiary/aromatic N) is 3. The number of rotatable bonds is 3. The molecule has 0 radical (unpaired) electrons. The summed E-state index contributed by atoms with van der Waals surface area (Å²) < 4.78 is 0. The summed E-state index contributed by atoms with van der Waals surface area (Å²) in [5.41, 5.74) is 0.263. The van der Waals surface area contributed by atoms with Gasteiger partial charge in [-0.15, -0.1) is 0 Å². The Bertz CT molecular complexity index is 441. The van der Waals surface area contributed by atoms with Crippen LogP contribution in [-0.4, -0.2) is 35.6 Å². The number of nitrogens with one attached hydrogen (secondary N) is 1. The van der Waals surface area contributed by atoms with Crippen LogP contribution in [0.5, 0.6) is 0 Å². The second-order valence-corrected chi connectivity index (χ2v) is 4.93. The molecule has 1 aromatic rings. The van der Waals surface area contributed by atoms with Gasteiger partial charge in [-0.1, -0.05) is 0 Å². The van der Waals surface area contributed by atoms with Crippen molar-refractivity contribution in [2.75, 3.05) is 25.0 Å². The number of piperidine rings is 1. The van der Waals surface area contributed by atoms with Crippen molar-refractivity contribution in [3.63, 3.8) is 0 Å². The Hall–Kier alpha value is -1.69. The van der Waals surface area contributed by atoms with Crippen LogP contribution in [-0.2, 0) is 0 Å². The van der Waals surface area contributed by atoms with Crippen molar-refractivity contribution in [1.29, 1.82) is 0 Å². The number of hydrogen-bond acceptors (Lipinski definition) is 5. The van der Waals surface area contributed by atoms with Crippen LogP contribution in [0, 0.1) is 10.1 Å². The predicted octanol–water partition coefficient (Wildman–Crippen LogP) is 1.57. The smallest absolute Gasteiger partial charge is 0.274 e. The zero-order valence-corrected chi connectivity index (χ0v) is 10.7. The minimum absolute atomic E-state index is 0.0990. The van der Waals surface area contributed by atoms with Crippen molar-refractivity contribution >= 4 is 11.5 Å². The van der Waals surface area contributed by atoms with Crippen LogP contribution in [0.25, 0.3) is 0 Å². The van der Waals surface area contributed by atoms with Crippen LogP contribution in [0.1, 0.15) is 19.8 Å². The topological polar surface area (TPSA) is 71.3 Å². The summed E-state index contributed by atoms with van der Waals surface area (Å²) in [7, 11) is 1.97. The normalized spacial score (nSPS) is 18.7. The van der Waals surface area contributed by atoms with Crippen molar-refractivity contribution in [2.24, 2.45) is 0 Å². The van der Waals surface area contributed by atoms with E-state index < -0.39 is 0 Å². The lowest BCUT2D eigenvalue weighted by atomic mass is 9.90. The second-order valence-electron chi connectivity index (χ2n) is 4.93. The summed E-state index contributed by atoms with van der Waals surface area (Å²) in [5.74, 6) is 0.697. The highest BCUT2D eigenvalue weighted by Crippen LogP contribution is 2.26. The van der Waals surface area contributed by atoms with Crippen LogP contribution in [0.2, 0.25) is 0 Å². The lowest BCUT2D eigenvalue weighted by molar-refractivity contribution is -0.384. The molecule has 1 fully saturated rings. The van der Waals surface area contributed by atoms with Gasteiger partial charge >= 0.3 is 0 Å². The molecule has 0 amide bonds. The molecule has 1 saturated heterocycles. The molecule has 18 heavy (non-hydrogen) atoms. The van der Waals surface area contributed by atoms with Gasteiger partial charge in [-0.2, -0.15) is 0 Å². The Labute approximate surface area is 106 Å². The van der Waals surface area contributed by atoms with E-state index in [1.54, 1.807) is 6.07 Å². The van der Waals surface area contributed by atoms with E-state index in [1.807, 2.05) is 7.05 Å². The largest absolute Gasteiger partial charge is 0.356 e. The van der Waals surface area contributed by atoms with Gasteiger partial charge in [0.1, 0.15) is 5.82 Å². The Morgan fingerprint density at radius 1 is 1.50 bits per heavy atom. The number of anilines is 1. The highest BCUT2D eigenvalue weighted by molar-refractivity contribution is 5.47. The molecule has 2 heterocycles. The maximum atomic E-state index is 10.7. The third-order valence-corrected chi connectivity index (χ3v) is 3.73. The molecular weight excluding hydrogens is 232 g/mol. The molecule has 6 nitrogen and oxygen atoms in total. The minimum atomic E-state index is -0.382. The molecule has 0 unspecified atom stereocenters. The van der Waals surface area contributed by atoms with Crippen molar-refractivity contribution in [3.8, 4) is 0 Å². The molecule has 1 aliphatic rings. The Kier molecular flexibility index (Phi) is 3.47. The van der Waals surface area contributed by atoms with Crippen molar-refractivity contribution in [2.45, 2.75) is 25.3 Å². The molecule has 6 heteroatoms. The summed E-state index contributed by atoms with van der Waals surface area (Å²) in [4.78, 5) is 16.7. The first-order valence-corrected chi connectivity index (χ1v) is 6.08. The maximum Gasteiger partial charge on any atom is 0.274 e. The van der Waals surface area contributed by atoms with E-state index in [4.69, 9.17) is 0 Å². The van der Waals surface area contributed by atoms with E-state index in [0.29, 0.717) is 5.82 Å². The number of pyridine rings is 1. The van der Waals surface area contributed by atoms with Gasteiger partial charge in [0, 0.05) is 30.9 Å². The van der Waals surface area contributed by atoms with Gasteiger partial charge in [0.25, 0.3) is 5.69 Å². The van der Waals surface area contributed by atoms with Gasteiger partial charge in [-0.25, -0.2) is 4.98 Å². The Morgan fingerprint density at radius 2 is 2.17 bits per heavy atom. The van der Waals surface area contributed by atoms with Gasteiger partial charge in [-0.05, 0) is 26.8 Å². The second kappa shape index (κ2) is 4.89.